The number of anilines is 1. The van der Waals surface area contributed by atoms with Gasteiger partial charge in [-0.2, -0.15) is 0 Å². The van der Waals surface area contributed by atoms with Crippen molar-refractivity contribution in [2.45, 2.75) is 40.0 Å². The summed E-state index contributed by atoms with van der Waals surface area (Å²) in [5.41, 5.74) is 0.143. The number of carbonyl (C=O) groups is 2. The predicted molar refractivity (Wildman–Crippen MR) is 84.8 cm³/mol. The molecule has 4 heteroatoms. The van der Waals surface area contributed by atoms with E-state index < -0.39 is 5.97 Å². The lowest BCUT2D eigenvalue weighted by atomic mass is 9.36. The fourth-order valence-corrected chi connectivity index (χ4v) is 4.76. The maximum Gasteiger partial charge on any atom is 0.337 e. The van der Waals surface area contributed by atoms with Gasteiger partial charge in [-0.3, -0.25) is 4.79 Å². The summed E-state index contributed by atoms with van der Waals surface area (Å²) >= 11 is 0. The van der Waals surface area contributed by atoms with Crippen molar-refractivity contribution >= 4 is 17.6 Å². The molecule has 3 aliphatic carbocycles. The normalized spacial score (nSPS) is 32.0. The lowest BCUT2D eigenvalue weighted by molar-refractivity contribution is -0.196. The second kappa shape index (κ2) is 4.83. The Morgan fingerprint density at radius 2 is 1.91 bits per heavy atom. The highest BCUT2D eigenvalue weighted by Crippen LogP contribution is 2.70. The first-order chi connectivity index (χ1) is 10.3. The van der Waals surface area contributed by atoms with E-state index in [1.54, 1.807) is 18.2 Å². The molecule has 118 valence electrons. The van der Waals surface area contributed by atoms with Gasteiger partial charge in [0.1, 0.15) is 0 Å². The van der Waals surface area contributed by atoms with Gasteiger partial charge in [0, 0.05) is 0 Å². The van der Waals surface area contributed by atoms with Gasteiger partial charge in [-0.25, -0.2) is 4.79 Å². The SMILES string of the molecule is CC1CCC2CC1(C(=O)Nc1ccccc1C(=O)O)C2(C)C. The Bertz CT molecular complexity index is 637. The fourth-order valence-electron chi connectivity index (χ4n) is 4.76. The van der Waals surface area contributed by atoms with Crippen LogP contribution in [0.1, 0.15) is 50.4 Å². The zero-order valence-electron chi connectivity index (χ0n) is 13.3. The molecule has 3 saturated carbocycles. The second-order valence-corrected chi connectivity index (χ2v) is 7.38. The van der Waals surface area contributed by atoms with Crippen LogP contribution < -0.4 is 5.32 Å². The van der Waals surface area contributed by atoms with E-state index in [1.165, 1.54) is 12.5 Å². The molecule has 0 heterocycles. The average molecular weight is 301 g/mol. The molecule has 1 aromatic carbocycles. The molecule has 4 rings (SSSR count). The third kappa shape index (κ3) is 1.82. The lowest BCUT2D eigenvalue weighted by Gasteiger charge is -2.67. The molecule has 0 spiro atoms. The van der Waals surface area contributed by atoms with Crippen molar-refractivity contribution in [3.63, 3.8) is 0 Å². The van der Waals surface area contributed by atoms with Gasteiger partial charge in [-0.05, 0) is 48.6 Å². The molecule has 1 amide bonds. The van der Waals surface area contributed by atoms with Crippen LogP contribution in [0.15, 0.2) is 24.3 Å². The zero-order chi connectivity index (χ0) is 16.1. The van der Waals surface area contributed by atoms with Crippen LogP contribution in [0.4, 0.5) is 5.69 Å². The summed E-state index contributed by atoms with van der Waals surface area (Å²) < 4.78 is 0. The maximum absolute atomic E-state index is 13.0. The highest BCUT2D eigenvalue weighted by atomic mass is 16.4. The molecular formula is C18H23NO3. The number of fused-ring (bicyclic) bond motifs is 2. The van der Waals surface area contributed by atoms with Crippen molar-refractivity contribution in [1.82, 2.24) is 0 Å². The Kier molecular flexibility index (Phi) is 3.31. The molecule has 3 fully saturated rings. The Morgan fingerprint density at radius 1 is 1.23 bits per heavy atom. The summed E-state index contributed by atoms with van der Waals surface area (Å²) in [5.74, 6) is -0.112. The number of para-hydroxylation sites is 1. The number of benzene rings is 1. The number of aromatic carboxylic acids is 1. The van der Waals surface area contributed by atoms with Crippen LogP contribution in [0.5, 0.6) is 0 Å². The van der Waals surface area contributed by atoms with E-state index in [9.17, 15) is 14.7 Å². The molecule has 0 saturated heterocycles. The van der Waals surface area contributed by atoms with Crippen molar-refractivity contribution in [3.05, 3.63) is 29.8 Å². The molecule has 22 heavy (non-hydrogen) atoms. The quantitative estimate of drug-likeness (QED) is 0.892. The van der Waals surface area contributed by atoms with Gasteiger partial charge in [0.15, 0.2) is 0 Å². The van der Waals surface area contributed by atoms with Crippen LogP contribution in [0, 0.1) is 22.7 Å². The number of rotatable bonds is 3. The summed E-state index contributed by atoms with van der Waals surface area (Å²) in [7, 11) is 0. The highest BCUT2D eigenvalue weighted by molar-refractivity contribution is 6.03. The van der Waals surface area contributed by atoms with Crippen molar-refractivity contribution in [3.8, 4) is 0 Å². The van der Waals surface area contributed by atoms with Gasteiger partial charge >= 0.3 is 5.97 Å². The number of carboxylic acids is 1. The molecular weight excluding hydrogens is 278 g/mol. The number of hydrogen-bond acceptors (Lipinski definition) is 2. The molecule has 0 aromatic heterocycles. The molecule has 3 atom stereocenters. The monoisotopic (exact) mass is 301 g/mol. The average Bonchev–Trinajstić information content (AvgIpc) is 2.46. The third-order valence-corrected chi connectivity index (χ3v) is 6.34. The first-order valence-electron chi connectivity index (χ1n) is 7.94. The number of hydrogen-bond donors (Lipinski definition) is 2. The van der Waals surface area contributed by atoms with Crippen LogP contribution in [0.3, 0.4) is 0 Å². The van der Waals surface area contributed by atoms with Gasteiger partial charge in [0.05, 0.1) is 16.7 Å². The van der Waals surface area contributed by atoms with E-state index in [0.29, 0.717) is 17.5 Å². The lowest BCUT2D eigenvalue weighted by Crippen LogP contribution is -2.66. The molecule has 3 unspecified atom stereocenters. The topological polar surface area (TPSA) is 66.4 Å². The van der Waals surface area contributed by atoms with E-state index in [-0.39, 0.29) is 22.3 Å². The number of carbonyl (C=O) groups excluding carboxylic acids is 1. The molecule has 0 radical (unpaired) electrons. The number of amides is 1. The molecule has 3 aliphatic rings. The second-order valence-electron chi connectivity index (χ2n) is 7.38. The predicted octanol–water partition coefficient (Wildman–Crippen LogP) is 3.79. The van der Waals surface area contributed by atoms with Crippen LogP contribution in [-0.4, -0.2) is 17.0 Å². The van der Waals surface area contributed by atoms with E-state index >= 15 is 0 Å². The van der Waals surface area contributed by atoms with Crippen LogP contribution in [-0.2, 0) is 4.79 Å². The smallest absolute Gasteiger partial charge is 0.337 e. The molecule has 0 aliphatic heterocycles. The summed E-state index contributed by atoms with van der Waals surface area (Å²) in [5, 5.41) is 12.2. The van der Waals surface area contributed by atoms with Crippen molar-refractivity contribution < 1.29 is 14.7 Å². The minimum Gasteiger partial charge on any atom is -0.478 e. The fraction of sp³-hybridized carbons (Fsp3) is 0.556. The van der Waals surface area contributed by atoms with Gasteiger partial charge in [-0.1, -0.05) is 32.9 Å². The van der Waals surface area contributed by atoms with Crippen LogP contribution >= 0.6 is 0 Å². The Labute approximate surface area is 130 Å². The molecule has 2 N–H and O–H groups in total. The maximum atomic E-state index is 13.0. The minimum atomic E-state index is -1.02. The summed E-state index contributed by atoms with van der Waals surface area (Å²) in [4.78, 5) is 24.3. The van der Waals surface area contributed by atoms with Crippen LogP contribution in [0.25, 0.3) is 0 Å². The highest BCUT2D eigenvalue weighted by Gasteiger charge is 2.68. The van der Waals surface area contributed by atoms with Gasteiger partial charge < -0.3 is 10.4 Å². The van der Waals surface area contributed by atoms with Crippen molar-refractivity contribution in [2.24, 2.45) is 22.7 Å². The minimum absolute atomic E-state index is 0.0188. The Balaban J connectivity index is 1.91. The largest absolute Gasteiger partial charge is 0.478 e. The standard InChI is InChI=1S/C18H23NO3/c1-11-8-9-12-10-18(11,17(12,2)3)16(22)19-14-7-5-4-6-13(14)15(20)21/h4-7,11-12H,8-10H2,1-3H3,(H,19,22)(H,20,21). The van der Waals surface area contributed by atoms with E-state index in [4.69, 9.17) is 0 Å². The van der Waals surface area contributed by atoms with E-state index in [2.05, 4.69) is 26.1 Å². The third-order valence-electron chi connectivity index (χ3n) is 6.34. The number of carboxylic acid groups (broad SMARTS) is 1. The summed E-state index contributed by atoms with van der Waals surface area (Å²) in [6.45, 7) is 6.51. The first-order valence-corrected chi connectivity index (χ1v) is 7.94. The van der Waals surface area contributed by atoms with E-state index in [1.807, 2.05) is 0 Å². The van der Waals surface area contributed by atoms with Crippen LogP contribution in [0.2, 0.25) is 0 Å². The molecule has 1 aromatic rings. The first kappa shape index (κ1) is 15.1. The number of nitrogens with one attached hydrogen (secondary N) is 1. The zero-order valence-corrected chi connectivity index (χ0v) is 13.3. The van der Waals surface area contributed by atoms with E-state index in [0.717, 1.165) is 12.8 Å². The summed E-state index contributed by atoms with van der Waals surface area (Å²) in [6.07, 6.45) is 3.18. The Hall–Kier alpha value is -1.84. The van der Waals surface area contributed by atoms with Gasteiger partial charge in [0.2, 0.25) is 5.91 Å². The molecule has 2 bridgehead atoms. The summed E-state index contributed by atoms with van der Waals surface area (Å²) in [6, 6.07) is 6.60. The van der Waals surface area contributed by atoms with Crippen molar-refractivity contribution in [2.75, 3.05) is 5.32 Å². The van der Waals surface area contributed by atoms with Gasteiger partial charge in [0.25, 0.3) is 0 Å². The Morgan fingerprint density at radius 3 is 2.50 bits per heavy atom. The molecule has 4 nitrogen and oxygen atoms in total. The van der Waals surface area contributed by atoms with Crippen molar-refractivity contribution in [1.29, 1.82) is 0 Å². The van der Waals surface area contributed by atoms with Gasteiger partial charge in [-0.15, -0.1) is 0 Å².